The number of fused-ring (bicyclic) bond motifs is 1. The zero-order valence-corrected chi connectivity index (χ0v) is 15.4. The summed E-state index contributed by atoms with van der Waals surface area (Å²) in [5.74, 6) is 0.854. The molecular weight excluding hydrogens is 324 g/mol. The number of nitrogens with one attached hydrogen (secondary N) is 4. The van der Waals surface area contributed by atoms with Gasteiger partial charge in [0.05, 0.1) is 0 Å². The summed E-state index contributed by atoms with van der Waals surface area (Å²) in [6, 6.07) is 9.21. The third-order valence-corrected chi connectivity index (χ3v) is 6.03. The Labute approximate surface area is 155 Å². The molecule has 4 N–H and O–H groups in total. The van der Waals surface area contributed by atoms with Crippen molar-refractivity contribution in [3.63, 3.8) is 0 Å². The van der Waals surface area contributed by atoms with Crippen LogP contribution in [-0.2, 0) is 0 Å². The molecule has 1 saturated heterocycles. The molecule has 1 aromatic heterocycles. The van der Waals surface area contributed by atoms with Crippen molar-refractivity contribution in [2.24, 2.45) is 5.92 Å². The van der Waals surface area contributed by atoms with Gasteiger partial charge in [-0.05, 0) is 93.7 Å². The van der Waals surface area contributed by atoms with E-state index in [2.05, 4.69) is 27.0 Å². The molecule has 1 aromatic carbocycles. The normalized spacial score (nSPS) is 24.6. The third-order valence-electron chi connectivity index (χ3n) is 6.03. The Morgan fingerprint density at radius 1 is 0.962 bits per heavy atom. The van der Waals surface area contributed by atoms with Crippen molar-refractivity contribution in [2.45, 2.75) is 50.6 Å². The first-order chi connectivity index (χ1) is 12.8. The van der Waals surface area contributed by atoms with E-state index < -0.39 is 0 Å². The number of aromatic amines is 1. The molecule has 2 fully saturated rings. The van der Waals surface area contributed by atoms with Gasteiger partial charge < -0.3 is 20.9 Å². The average Bonchev–Trinajstić information content (AvgIpc) is 2.68. The molecular formula is C21H30N4O. The topological polar surface area (TPSA) is 69.0 Å². The highest BCUT2D eigenvalue weighted by atomic mass is 16.1. The summed E-state index contributed by atoms with van der Waals surface area (Å²) in [5.41, 5.74) is 1.10. The van der Waals surface area contributed by atoms with Crippen LogP contribution in [0.1, 0.15) is 38.5 Å². The molecule has 5 nitrogen and oxygen atoms in total. The van der Waals surface area contributed by atoms with E-state index in [0.717, 1.165) is 22.4 Å². The van der Waals surface area contributed by atoms with Crippen LogP contribution in [0.3, 0.4) is 0 Å². The van der Waals surface area contributed by atoms with Gasteiger partial charge in [-0.15, -0.1) is 0 Å². The number of H-pyrrole nitrogens is 1. The van der Waals surface area contributed by atoms with Gasteiger partial charge in [-0.25, -0.2) is 0 Å². The predicted molar refractivity (Wildman–Crippen MR) is 108 cm³/mol. The Hall–Kier alpha value is -1.85. The van der Waals surface area contributed by atoms with E-state index in [1.165, 1.54) is 58.2 Å². The summed E-state index contributed by atoms with van der Waals surface area (Å²) < 4.78 is 0. The van der Waals surface area contributed by atoms with E-state index >= 15 is 0 Å². The first kappa shape index (κ1) is 17.6. The summed E-state index contributed by atoms with van der Waals surface area (Å²) in [6.45, 7) is 3.55. The number of hydrogen-bond acceptors (Lipinski definition) is 4. The monoisotopic (exact) mass is 354 g/mol. The Kier molecular flexibility index (Phi) is 5.56. The molecule has 0 bridgehead atoms. The molecule has 26 heavy (non-hydrogen) atoms. The van der Waals surface area contributed by atoms with Crippen molar-refractivity contribution in [3.8, 4) is 0 Å². The second kappa shape index (κ2) is 8.23. The van der Waals surface area contributed by atoms with Crippen LogP contribution in [-0.4, -0.2) is 36.7 Å². The number of hydrogen-bond donors (Lipinski definition) is 4. The van der Waals surface area contributed by atoms with Gasteiger partial charge in [0.15, 0.2) is 0 Å². The number of rotatable bonds is 5. The van der Waals surface area contributed by atoms with Crippen molar-refractivity contribution in [1.29, 1.82) is 0 Å². The Balaban J connectivity index is 1.26. The van der Waals surface area contributed by atoms with E-state index in [-0.39, 0.29) is 5.56 Å². The van der Waals surface area contributed by atoms with Crippen molar-refractivity contribution in [1.82, 2.24) is 15.6 Å². The summed E-state index contributed by atoms with van der Waals surface area (Å²) >= 11 is 0. The number of piperidine rings is 1. The minimum atomic E-state index is -0.0191. The zero-order valence-electron chi connectivity index (χ0n) is 15.4. The maximum Gasteiger partial charge on any atom is 0.255 e. The smallest absolute Gasteiger partial charge is 0.255 e. The van der Waals surface area contributed by atoms with Crippen molar-refractivity contribution >= 4 is 16.5 Å². The molecule has 2 heterocycles. The first-order valence-corrected chi connectivity index (χ1v) is 10.1. The van der Waals surface area contributed by atoms with Gasteiger partial charge in [-0.1, -0.05) is 0 Å². The highest BCUT2D eigenvalue weighted by molar-refractivity contribution is 5.84. The molecule has 0 amide bonds. The van der Waals surface area contributed by atoms with E-state index in [1.54, 1.807) is 6.20 Å². The van der Waals surface area contributed by atoms with Crippen LogP contribution in [0.15, 0.2) is 35.3 Å². The van der Waals surface area contributed by atoms with Gasteiger partial charge in [-0.2, -0.15) is 0 Å². The van der Waals surface area contributed by atoms with E-state index in [0.29, 0.717) is 12.1 Å². The van der Waals surface area contributed by atoms with Crippen LogP contribution in [0.5, 0.6) is 0 Å². The van der Waals surface area contributed by atoms with E-state index in [9.17, 15) is 4.79 Å². The molecule has 2 aromatic rings. The number of aromatic nitrogens is 1. The molecule has 4 rings (SSSR count). The molecule has 140 valence electrons. The van der Waals surface area contributed by atoms with Crippen LogP contribution in [0.2, 0.25) is 0 Å². The minimum absolute atomic E-state index is 0.0191. The van der Waals surface area contributed by atoms with Crippen molar-refractivity contribution < 1.29 is 0 Å². The minimum Gasteiger partial charge on any atom is -0.382 e. The zero-order chi connectivity index (χ0) is 17.8. The second-order valence-electron chi connectivity index (χ2n) is 7.90. The molecule has 0 radical (unpaired) electrons. The van der Waals surface area contributed by atoms with Crippen molar-refractivity contribution in [3.05, 3.63) is 40.8 Å². The van der Waals surface area contributed by atoms with Crippen LogP contribution < -0.4 is 21.5 Å². The van der Waals surface area contributed by atoms with Gasteiger partial charge in [0.2, 0.25) is 0 Å². The molecule has 0 unspecified atom stereocenters. The maximum absolute atomic E-state index is 11.8. The van der Waals surface area contributed by atoms with Crippen LogP contribution in [0, 0.1) is 5.92 Å². The van der Waals surface area contributed by atoms with Gasteiger partial charge >= 0.3 is 0 Å². The predicted octanol–water partition coefficient (Wildman–Crippen LogP) is 2.84. The number of pyridine rings is 1. The van der Waals surface area contributed by atoms with Gasteiger partial charge in [0.25, 0.3) is 5.56 Å². The highest BCUT2D eigenvalue weighted by Gasteiger charge is 2.22. The third kappa shape index (κ3) is 4.27. The van der Waals surface area contributed by atoms with Crippen molar-refractivity contribution in [2.75, 3.05) is 25.0 Å². The summed E-state index contributed by atoms with van der Waals surface area (Å²) in [6.07, 6.45) is 9.25. The fourth-order valence-electron chi connectivity index (χ4n) is 4.38. The Bertz CT molecular complexity index is 773. The first-order valence-electron chi connectivity index (χ1n) is 10.1. The standard InChI is InChI=1S/C21H30N4O/c26-21-20-6-5-19(13-16(20)9-12-23-21)25-18-3-1-17(2-4-18)24-14-15-7-10-22-11-8-15/h5-6,9,12-13,15,17-18,22,24-25H,1-4,7-8,10-11,14H2,(H,23,26). The molecule has 1 aliphatic heterocycles. The van der Waals surface area contributed by atoms with Crippen LogP contribution in [0.25, 0.3) is 10.8 Å². The van der Waals surface area contributed by atoms with E-state index in [4.69, 9.17) is 0 Å². The van der Waals surface area contributed by atoms with Gasteiger partial charge in [0, 0.05) is 29.4 Å². The fourth-order valence-corrected chi connectivity index (χ4v) is 4.38. The van der Waals surface area contributed by atoms with E-state index in [1.807, 2.05) is 18.2 Å². The molecule has 2 aliphatic rings. The number of anilines is 1. The average molecular weight is 354 g/mol. The summed E-state index contributed by atoms with van der Waals surface area (Å²) in [7, 11) is 0. The molecule has 0 atom stereocenters. The lowest BCUT2D eigenvalue weighted by Crippen LogP contribution is -2.41. The molecule has 1 saturated carbocycles. The lowest BCUT2D eigenvalue weighted by atomic mass is 9.90. The lowest BCUT2D eigenvalue weighted by Gasteiger charge is -2.32. The SMILES string of the molecule is O=c1[nH]ccc2cc(NC3CCC(NCC4CCNCC4)CC3)ccc12. The van der Waals surface area contributed by atoms with Crippen LogP contribution in [0.4, 0.5) is 5.69 Å². The maximum atomic E-state index is 11.8. The largest absolute Gasteiger partial charge is 0.382 e. The number of benzene rings is 1. The fraction of sp³-hybridized carbons (Fsp3) is 0.571. The Morgan fingerprint density at radius 3 is 2.54 bits per heavy atom. The quantitative estimate of drug-likeness (QED) is 0.666. The molecule has 1 aliphatic carbocycles. The molecule has 0 spiro atoms. The van der Waals surface area contributed by atoms with Gasteiger partial charge in [-0.3, -0.25) is 4.79 Å². The van der Waals surface area contributed by atoms with Crippen LogP contribution >= 0.6 is 0 Å². The Morgan fingerprint density at radius 2 is 1.73 bits per heavy atom. The highest BCUT2D eigenvalue weighted by Crippen LogP contribution is 2.24. The second-order valence-corrected chi connectivity index (χ2v) is 7.90. The summed E-state index contributed by atoms with van der Waals surface area (Å²) in [5, 5.41) is 12.7. The lowest BCUT2D eigenvalue weighted by molar-refractivity contribution is 0.301. The van der Waals surface area contributed by atoms with Gasteiger partial charge in [0.1, 0.15) is 0 Å². The molecule has 5 heteroatoms. The summed E-state index contributed by atoms with van der Waals surface area (Å²) in [4.78, 5) is 14.5.